The van der Waals surface area contributed by atoms with Crippen LogP contribution in [0, 0.1) is 17.1 Å². The Kier molecular flexibility index (Phi) is 3.82. The van der Waals surface area contributed by atoms with Crippen molar-refractivity contribution in [2.24, 2.45) is 0 Å². The highest BCUT2D eigenvalue weighted by Gasteiger charge is 2.30. The summed E-state index contributed by atoms with van der Waals surface area (Å²) in [4.78, 5) is 11.1. The van der Waals surface area contributed by atoms with Crippen molar-refractivity contribution < 1.29 is 9.18 Å². The van der Waals surface area contributed by atoms with Crippen LogP contribution in [0.3, 0.4) is 0 Å². The highest BCUT2D eigenvalue weighted by molar-refractivity contribution is 9.10. The fourth-order valence-electron chi connectivity index (χ4n) is 1.63. The Morgan fingerprint density at radius 1 is 1.62 bits per heavy atom. The van der Waals surface area contributed by atoms with Crippen LogP contribution in [0.4, 0.5) is 4.39 Å². The van der Waals surface area contributed by atoms with Crippen LogP contribution >= 0.6 is 15.9 Å². The van der Waals surface area contributed by atoms with E-state index in [1.165, 1.54) is 25.1 Å². The first-order valence-corrected chi connectivity index (χ1v) is 5.54. The van der Waals surface area contributed by atoms with Crippen LogP contribution < -0.4 is 0 Å². The summed E-state index contributed by atoms with van der Waals surface area (Å²) in [5, 5.41) is 9.16. The highest BCUT2D eigenvalue weighted by atomic mass is 79.9. The third-order valence-electron chi connectivity index (χ3n) is 2.37. The number of carbonyl (C=O) groups excluding carboxylic acids is 1. The van der Waals surface area contributed by atoms with E-state index < -0.39 is 5.41 Å². The first-order valence-electron chi connectivity index (χ1n) is 4.75. The van der Waals surface area contributed by atoms with Gasteiger partial charge in [0.25, 0.3) is 0 Å². The second-order valence-corrected chi connectivity index (χ2v) is 4.80. The van der Waals surface area contributed by atoms with E-state index in [2.05, 4.69) is 22.0 Å². The average molecular weight is 284 g/mol. The van der Waals surface area contributed by atoms with E-state index in [4.69, 9.17) is 5.26 Å². The van der Waals surface area contributed by atoms with E-state index in [1.807, 2.05) is 0 Å². The largest absolute Gasteiger partial charge is 0.300 e. The maximum atomic E-state index is 12.9. The zero-order valence-corrected chi connectivity index (χ0v) is 10.6. The smallest absolute Gasteiger partial charge is 0.131 e. The van der Waals surface area contributed by atoms with Gasteiger partial charge in [0.05, 0.1) is 11.5 Å². The number of ketones is 1. The summed E-state index contributed by atoms with van der Waals surface area (Å²) in [7, 11) is 0. The van der Waals surface area contributed by atoms with Gasteiger partial charge >= 0.3 is 0 Å². The second-order valence-electron chi connectivity index (χ2n) is 3.95. The molecule has 1 aromatic carbocycles. The van der Waals surface area contributed by atoms with E-state index in [0.717, 1.165) is 0 Å². The van der Waals surface area contributed by atoms with Crippen molar-refractivity contribution in [3.63, 3.8) is 0 Å². The van der Waals surface area contributed by atoms with Crippen molar-refractivity contribution in [1.29, 1.82) is 5.26 Å². The SMILES string of the molecule is CC(=O)CC(C)(C#N)c1ccc(F)cc1Br. The number of halogens is 2. The third kappa shape index (κ3) is 2.67. The summed E-state index contributed by atoms with van der Waals surface area (Å²) < 4.78 is 13.4. The molecule has 0 aliphatic rings. The predicted molar refractivity (Wildman–Crippen MR) is 62.4 cm³/mol. The molecule has 0 amide bonds. The van der Waals surface area contributed by atoms with Gasteiger partial charge in [-0.1, -0.05) is 22.0 Å². The van der Waals surface area contributed by atoms with Gasteiger partial charge in [-0.15, -0.1) is 0 Å². The van der Waals surface area contributed by atoms with Crippen LogP contribution in [-0.2, 0) is 10.2 Å². The first kappa shape index (κ1) is 12.9. The van der Waals surface area contributed by atoms with Crippen molar-refractivity contribution in [3.8, 4) is 6.07 Å². The van der Waals surface area contributed by atoms with Gasteiger partial charge in [-0.2, -0.15) is 5.26 Å². The van der Waals surface area contributed by atoms with Crippen LogP contribution in [0.2, 0.25) is 0 Å². The van der Waals surface area contributed by atoms with Gasteiger partial charge < -0.3 is 0 Å². The molecule has 0 radical (unpaired) electrons. The van der Waals surface area contributed by atoms with E-state index >= 15 is 0 Å². The van der Waals surface area contributed by atoms with Crippen LogP contribution in [0.15, 0.2) is 22.7 Å². The Morgan fingerprint density at radius 3 is 2.69 bits per heavy atom. The van der Waals surface area contributed by atoms with Crippen LogP contribution in [0.25, 0.3) is 0 Å². The van der Waals surface area contributed by atoms with Crippen LogP contribution in [0.1, 0.15) is 25.8 Å². The van der Waals surface area contributed by atoms with Crippen LogP contribution in [-0.4, -0.2) is 5.78 Å². The monoisotopic (exact) mass is 283 g/mol. The van der Waals surface area contributed by atoms with Crippen molar-refractivity contribution in [2.75, 3.05) is 0 Å². The van der Waals surface area contributed by atoms with Gasteiger partial charge in [0, 0.05) is 10.9 Å². The van der Waals surface area contributed by atoms with Crippen LogP contribution in [0.5, 0.6) is 0 Å². The summed E-state index contributed by atoms with van der Waals surface area (Å²) in [5.74, 6) is -0.445. The fourth-order valence-corrected chi connectivity index (χ4v) is 2.42. The number of nitrogens with zero attached hydrogens (tertiary/aromatic N) is 1. The minimum Gasteiger partial charge on any atom is -0.300 e. The maximum Gasteiger partial charge on any atom is 0.131 e. The summed E-state index contributed by atoms with van der Waals surface area (Å²) in [5.41, 5.74) is -0.287. The Morgan fingerprint density at radius 2 is 2.25 bits per heavy atom. The normalized spacial score (nSPS) is 13.9. The minimum absolute atomic E-state index is 0.0692. The first-order chi connectivity index (χ1) is 7.39. The lowest BCUT2D eigenvalue weighted by Gasteiger charge is -2.22. The molecule has 0 aliphatic carbocycles. The molecule has 1 atom stereocenters. The maximum absolute atomic E-state index is 12.9. The zero-order valence-electron chi connectivity index (χ0n) is 9.05. The van der Waals surface area contributed by atoms with Crippen molar-refractivity contribution in [1.82, 2.24) is 0 Å². The van der Waals surface area contributed by atoms with Crippen molar-refractivity contribution >= 4 is 21.7 Å². The molecule has 0 bridgehead atoms. The lowest BCUT2D eigenvalue weighted by atomic mass is 9.80. The lowest BCUT2D eigenvalue weighted by Crippen LogP contribution is -2.23. The summed E-state index contributed by atoms with van der Waals surface area (Å²) in [6.45, 7) is 3.11. The number of Topliss-reactive ketones (excluding diaryl/α,β-unsaturated/α-hetero) is 1. The van der Waals surface area contributed by atoms with Gasteiger partial charge in [-0.25, -0.2) is 4.39 Å². The lowest BCUT2D eigenvalue weighted by molar-refractivity contribution is -0.117. The number of benzene rings is 1. The molecular formula is C12H11BrFNO. The molecule has 0 aromatic heterocycles. The molecule has 0 spiro atoms. The molecule has 0 saturated carbocycles. The summed E-state index contributed by atoms with van der Waals surface area (Å²) >= 11 is 3.21. The summed E-state index contributed by atoms with van der Waals surface area (Å²) in [6.07, 6.45) is 0.119. The predicted octanol–water partition coefficient (Wildman–Crippen LogP) is 3.35. The Balaban J connectivity index is 3.24. The highest BCUT2D eigenvalue weighted by Crippen LogP contribution is 2.33. The molecule has 0 aliphatic heterocycles. The molecule has 84 valence electrons. The molecule has 1 unspecified atom stereocenters. The number of carbonyl (C=O) groups is 1. The Bertz CT molecular complexity index is 467. The molecule has 2 nitrogen and oxygen atoms in total. The van der Waals surface area contributed by atoms with Gasteiger partial charge in [0.1, 0.15) is 11.6 Å². The topological polar surface area (TPSA) is 40.9 Å². The number of hydrogen-bond donors (Lipinski definition) is 0. The molecule has 0 saturated heterocycles. The Labute approximate surface area is 102 Å². The zero-order chi connectivity index (χ0) is 12.3. The number of hydrogen-bond acceptors (Lipinski definition) is 2. The minimum atomic E-state index is -0.918. The van der Waals surface area contributed by atoms with Crippen molar-refractivity contribution in [2.45, 2.75) is 25.7 Å². The molecule has 4 heteroatoms. The molecular weight excluding hydrogens is 273 g/mol. The fraction of sp³-hybridized carbons (Fsp3) is 0.333. The van der Waals surface area contributed by atoms with E-state index in [0.29, 0.717) is 10.0 Å². The standard InChI is InChI=1S/C12H11BrFNO/c1-8(16)6-12(2,7-15)10-4-3-9(14)5-11(10)13/h3-5H,6H2,1-2H3. The molecule has 1 rings (SSSR count). The third-order valence-corrected chi connectivity index (χ3v) is 3.03. The Hall–Kier alpha value is -1.21. The van der Waals surface area contributed by atoms with Gasteiger partial charge in [-0.05, 0) is 31.5 Å². The molecule has 0 N–H and O–H groups in total. The molecule has 0 heterocycles. The van der Waals surface area contributed by atoms with Gasteiger partial charge in [0.15, 0.2) is 0 Å². The van der Waals surface area contributed by atoms with Crippen molar-refractivity contribution in [3.05, 3.63) is 34.1 Å². The second kappa shape index (κ2) is 4.75. The van der Waals surface area contributed by atoms with Gasteiger partial charge in [-0.3, -0.25) is 4.79 Å². The molecule has 1 aromatic rings. The average Bonchev–Trinajstić information content (AvgIpc) is 2.16. The van der Waals surface area contributed by atoms with E-state index in [9.17, 15) is 9.18 Å². The van der Waals surface area contributed by atoms with E-state index in [1.54, 1.807) is 6.92 Å². The molecule has 0 fully saturated rings. The summed E-state index contributed by atoms with van der Waals surface area (Å²) in [6, 6.07) is 6.23. The quantitative estimate of drug-likeness (QED) is 0.854. The van der Waals surface area contributed by atoms with Gasteiger partial charge in [0.2, 0.25) is 0 Å². The van der Waals surface area contributed by atoms with E-state index in [-0.39, 0.29) is 18.0 Å². The molecule has 16 heavy (non-hydrogen) atoms. The number of rotatable bonds is 3. The number of nitriles is 1.